The molecule has 0 fully saturated rings. The number of quaternary nitrogens is 1. The Kier molecular flexibility index (Phi) is 54.3. The van der Waals surface area contributed by atoms with Crippen LogP contribution in [0, 0.1) is 0 Å². The van der Waals surface area contributed by atoms with Gasteiger partial charge >= 0.3 is 13.8 Å². The second-order valence-electron chi connectivity index (χ2n) is 22.9. The van der Waals surface area contributed by atoms with Crippen molar-refractivity contribution >= 4 is 19.7 Å². The number of hydrogen-bond donors (Lipinski definition) is 2. The van der Waals surface area contributed by atoms with Crippen molar-refractivity contribution in [2.24, 2.45) is 0 Å². The lowest BCUT2D eigenvalue weighted by Crippen LogP contribution is -2.47. The molecule has 2 N–H and O–H groups in total. The van der Waals surface area contributed by atoms with E-state index in [9.17, 15) is 19.0 Å². The molecule has 9 nitrogen and oxygen atoms in total. The summed E-state index contributed by atoms with van der Waals surface area (Å²) in [5.41, 5.74) is 0. The van der Waals surface area contributed by atoms with E-state index in [1.165, 1.54) is 180 Å². The number of carbonyl (C=O) groups excluding carboxylic acids is 2. The van der Waals surface area contributed by atoms with Gasteiger partial charge < -0.3 is 19.4 Å². The fourth-order valence-electron chi connectivity index (χ4n) is 9.18. The molecule has 0 rings (SSSR count). The minimum absolute atomic E-state index is 0.0369. The SMILES string of the molecule is CCCCC/C=C\C/C=C\C/C=C\CCCCCCCCCCCCCCC(=O)OC(/C=C\CCCCCCCCCCC)C(COP(=O)(O)OCC[N+](C)(C)C)NC(=O)CCCCC/C=C\CCCCCCCCC. The van der Waals surface area contributed by atoms with Crippen LogP contribution in [0.5, 0.6) is 0 Å². The van der Waals surface area contributed by atoms with Gasteiger partial charge in [-0.3, -0.25) is 18.6 Å². The fraction of sp³-hybridized carbons (Fsp3) is 0.818. The lowest BCUT2D eigenvalue weighted by atomic mass is 10.0. The molecule has 0 aromatic rings. The van der Waals surface area contributed by atoms with Gasteiger partial charge in [0, 0.05) is 12.8 Å². The second-order valence-corrected chi connectivity index (χ2v) is 24.4. The molecule has 3 atom stereocenters. The van der Waals surface area contributed by atoms with Gasteiger partial charge in [0.05, 0.1) is 33.8 Å². The number of nitrogens with one attached hydrogen (secondary N) is 1. The third-order valence-corrected chi connectivity index (χ3v) is 15.2. The number of allylic oxidation sites excluding steroid dienone is 9. The molecule has 0 saturated heterocycles. The molecule has 0 aromatic carbocycles. The van der Waals surface area contributed by atoms with Crippen LogP contribution in [0.4, 0.5) is 0 Å². The first kappa shape index (κ1) is 73.7. The number of rotatable bonds is 58. The summed E-state index contributed by atoms with van der Waals surface area (Å²) in [5, 5.41) is 3.05. The number of unbranched alkanes of at least 4 members (excludes halogenated alkanes) is 34. The van der Waals surface area contributed by atoms with E-state index in [1.807, 2.05) is 33.3 Å². The number of esters is 1. The minimum Gasteiger partial charge on any atom is -0.456 e. The zero-order valence-corrected chi connectivity index (χ0v) is 51.6. The predicted molar refractivity (Wildman–Crippen MR) is 328 cm³/mol. The van der Waals surface area contributed by atoms with E-state index < -0.39 is 20.0 Å². The molecule has 1 amide bonds. The third-order valence-electron chi connectivity index (χ3n) is 14.2. The Bertz CT molecular complexity index is 1490. The largest absolute Gasteiger partial charge is 0.472 e. The fourth-order valence-corrected chi connectivity index (χ4v) is 9.91. The van der Waals surface area contributed by atoms with Crippen LogP contribution in [-0.4, -0.2) is 74.3 Å². The number of nitrogens with zero attached hydrogens (tertiary/aromatic N) is 1. The van der Waals surface area contributed by atoms with Crippen LogP contribution in [0.3, 0.4) is 0 Å². The number of amides is 1. The number of ether oxygens (including phenoxy) is 1. The first-order valence-electron chi connectivity index (χ1n) is 32.1. The van der Waals surface area contributed by atoms with Gasteiger partial charge in [-0.05, 0) is 96.0 Å². The van der Waals surface area contributed by atoms with E-state index in [1.54, 1.807) is 0 Å². The average molecular weight is 1090 g/mol. The van der Waals surface area contributed by atoms with Crippen molar-refractivity contribution in [3.05, 3.63) is 60.8 Å². The molecular weight excluding hydrogens is 964 g/mol. The van der Waals surface area contributed by atoms with Crippen molar-refractivity contribution in [1.82, 2.24) is 5.32 Å². The van der Waals surface area contributed by atoms with E-state index >= 15 is 0 Å². The molecule has 0 saturated carbocycles. The molecule has 76 heavy (non-hydrogen) atoms. The topological polar surface area (TPSA) is 111 Å². The summed E-state index contributed by atoms with van der Waals surface area (Å²) in [7, 11) is 1.49. The summed E-state index contributed by atoms with van der Waals surface area (Å²) in [6.07, 6.45) is 70.8. The number of hydrogen-bond acceptors (Lipinski definition) is 6. The highest BCUT2D eigenvalue weighted by molar-refractivity contribution is 7.47. The van der Waals surface area contributed by atoms with E-state index in [2.05, 4.69) is 74.7 Å². The van der Waals surface area contributed by atoms with Crippen molar-refractivity contribution in [1.29, 1.82) is 0 Å². The Morgan fingerprint density at radius 3 is 1.25 bits per heavy atom. The van der Waals surface area contributed by atoms with Crippen LogP contribution in [0.2, 0.25) is 0 Å². The van der Waals surface area contributed by atoms with Crippen LogP contribution in [0.25, 0.3) is 0 Å². The number of likely N-dealkylation sites (N-methyl/N-ethyl adjacent to an activating group) is 1. The maximum atomic E-state index is 13.5. The zero-order valence-electron chi connectivity index (χ0n) is 50.7. The molecule has 0 radical (unpaired) electrons. The molecule has 0 bridgehead atoms. The molecule has 0 aliphatic rings. The smallest absolute Gasteiger partial charge is 0.456 e. The summed E-state index contributed by atoms with van der Waals surface area (Å²) in [6, 6.07) is -0.856. The molecule has 0 aromatic heterocycles. The number of phosphoric acid groups is 1. The van der Waals surface area contributed by atoms with Crippen LogP contribution >= 0.6 is 7.82 Å². The molecule has 0 aliphatic carbocycles. The van der Waals surface area contributed by atoms with Gasteiger partial charge in [-0.25, -0.2) is 4.57 Å². The molecule has 444 valence electrons. The van der Waals surface area contributed by atoms with Crippen molar-refractivity contribution in [2.45, 2.75) is 309 Å². The Morgan fingerprint density at radius 1 is 0.461 bits per heavy atom. The first-order valence-corrected chi connectivity index (χ1v) is 33.6. The highest BCUT2D eigenvalue weighted by Gasteiger charge is 2.30. The third kappa shape index (κ3) is 56.4. The molecule has 10 heteroatoms. The van der Waals surface area contributed by atoms with Gasteiger partial charge in [0.15, 0.2) is 0 Å². The maximum Gasteiger partial charge on any atom is 0.472 e. The van der Waals surface area contributed by atoms with Crippen molar-refractivity contribution in [2.75, 3.05) is 40.9 Å². The molecule has 0 aliphatic heterocycles. The van der Waals surface area contributed by atoms with Crippen LogP contribution < -0.4 is 5.32 Å². The Balaban J connectivity index is 5.09. The van der Waals surface area contributed by atoms with Gasteiger partial charge in [0.2, 0.25) is 5.91 Å². The highest BCUT2D eigenvalue weighted by Crippen LogP contribution is 2.43. The molecular formula is C66H124N2O7P+. The highest BCUT2D eigenvalue weighted by atomic mass is 31.2. The molecule has 3 unspecified atom stereocenters. The predicted octanol–water partition coefficient (Wildman–Crippen LogP) is 19.8. The monoisotopic (exact) mass is 1090 g/mol. The summed E-state index contributed by atoms with van der Waals surface area (Å²) in [5.74, 6) is -0.520. The lowest BCUT2D eigenvalue weighted by molar-refractivity contribution is -0.870. The second kappa shape index (κ2) is 56.0. The Morgan fingerprint density at radius 2 is 0.803 bits per heavy atom. The van der Waals surface area contributed by atoms with Crippen LogP contribution in [0.15, 0.2) is 60.8 Å². The summed E-state index contributed by atoms with van der Waals surface area (Å²) in [4.78, 5) is 37.7. The number of phosphoric ester groups is 1. The Labute approximate surface area is 471 Å². The Hall–Kier alpha value is -2.29. The van der Waals surface area contributed by atoms with Crippen LogP contribution in [0.1, 0.15) is 297 Å². The van der Waals surface area contributed by atoms with Gasteiger partial charge in [0.1, 0.15) is 19.3 Å². The summed E-state index contributed by atoms with van der Waals surface area (Å²) >= 11 is 0. The minimum atomic E-state index is -4.45. The maximum absolute atomic E-state index is 13.5. The van der Waals surface area contributed by atoms with E-state index in [0.29, 0.717) is 17.4 Å². The van der Waals surface area contributed by atoms with Gasteiger partial charge in [-0.1, -0.05) is 249 Å². The standard InChI is InChI=1S/C66H123N2O7P/c1-7-10-13-16-19-22-25-27-29-30-31-32-33-34-35-36-37-38-39-41-44-47-50-53-56-59-66(70)75-64(57-54-51-48-45-42-24-21-18-15-12-9-3)63(62-74-76(71,72)73-61-60-68(4,5)6)67-65(69)58-55-52-49-46-43-40-28-26-23-20-17-14-11-8-2/h19,22,27,29,31-32,40,43,54,57,63-64H,7-18,20-21,23-26,28,30,33-39,41-42,44-53,55-56,58-62H2,1-6H3,(H-,67,69,71,72)/p+1/b22-19-,29-27-,32-31-,43-40-,57-54-. The molecule has 0 spiro atoms. The van der Waals surface area contributed by atoms with E-state index in [4.69, 9.17) is 13.8 Å². The van der Waals surface area contributed by atoms with Gasteiger partial charge in [-0.2, -0.15) is 0 Å². The quantitative estimate of drug-likeness (QED) is 0.0205. The normalized spacial score (nSPS) is 14.0. The molecule has 0 heterocycles. The van der Waals surface area contributed by atoms with E-state index in [0.717, 1.165) is 83.5 Å². The van der Waals surface area contributed by atoms with E-state index in [-0.39, 0.29) is 31.5 Å². The zero-order chi connectivity index (χ0) is 55.7. The van der Waals surface area contributed by atoms with Gasteiger partial charge in [0.25, 0.3) is 0 Å². The summed E-state index contributed by atoms with van der Waals surface area (Å²) < 4.78 is 30.7. The number of carbonyl (C=O) groups is 2. The first-order chi connectivity index (χ1) is 36.9. The van der Waals surface area contributed by atoms with Gasteiger partial charge in [-0.15, -0.1) is 0 Å². The summed E-state index contributed by atoms with van der Waals surface area (Å²) in [6.45, 7) is 6.98. The van der Waals surface area contributed by atoms with Crippen molar-refractivity contribution in [3.8, 4) is 0 Å². The average Bonchev–Trinajstić information content (AvgIpc) is 3.38. The van der Waals surface area contributed by atoms with Crippen molar-refractivity contribution in [3.63, 3.8) is 0 Å². The van der Waals surface area contributed by atoms with Crippen molar-refractivity contribution < 1.29 is 37.3 Å². The van der Waals surface area contributed by atoms with Crippen LogP contribution in [-0.2, 0) is 27.9 Å². The lowest BCUT2D eigenvalue weighted by Gasteiger charge is -2.27.